The molecule has 0 bridgehead atoms. The summed E-state index contributed by atoms with van der Waals surface area (Å²) < 4.78 is 11.8. The highest BCUT2D eigenvalue weighted by Gasteiger charge is 2.25. The lowest BCUT2D eigenvalue weighted by molar-refractivity contribution is -0.112. The number of halogens is 2. The first-order chi connectivity index (χ1) is 16.5. The molecule has 5 nitrogen and oxygen atoms in total. The maximum absolute atomic E-state index is 11.2. The molecular weight excluding hydrogens is 491 g/mol. The number of nitrogens with zero attached hydrogens (tertiary/aromatic N) is 1. The molecule has 1 saturated carbocycles. The number of aldehydes is 1. The Kier molecular flexibility index (Phi) is 9.89. The maximum Gasteiger partial charge on any atom is 0.146 e. The minimum Gasteiger partial charge on any atom is -0.489 e. The molecule has 2 N–H and O–H groups in total. The fourth-order valence-corrected chi connectivity index (χ4v) is 5.06. The van der Waals surface area contributed by atoms with E-state index in [1.54, 1.807) is 18.2 Å². The summed E-state index contributed by atoms with van der Waals surface area (Å²) in [6.07, 6.45) is 5.29. The third kappa shape index (κ3) is 6.16. The molecule has 0 radical (unpaired) electrons. The molecule has 0 amide bonds. The van der Waals surface area contributed by atoms with Gasteiger partial charge in [-0.05, 0) is 55.0 Å². The van der Waals surface area contributed by atoms with Gasteiger partial charge in [0.1, 0.15) is 30.1 Å². The number of hydrogen-bond acceptors (Lipinski definition) is 6. The van der Waals surface area contributed by atoms with Gasteiger partial charge in [-0.1, -0.05) is 66.8 Å². The van der Waals surface area contributed by atoms with Crippen LogP contribution in [-0.4, -0.2) is 11.4 Å². The van der Waals surface area contributed by atoms with E-state index in [4.69, 9.17) is 32.5 Å². The van der Waals surface area contributed by atoms with Crippen molar-refractivity contribution in [1.82, 2.24) is 5.16 Å². The molecule has 2 unspecified atom stereocenters. The Morgan fingerprint density at radius 2 is 1.82 bits per heavy atom. The monoisotopic (exact) mass is 520 g/mol. The summed E-state index contributed by atoms with van der Waals surface area (Å²) in [4.78, 5) is 11.2. The maximum atomic E-state index is 11.2. The molecule has 182 valence electrons. The number of rotatable bonds is 7. The predicted molar refractivity (Wildman–Crippen MR) is 141 cm³/mol. The Hall–Kier alpha value is -1.99. The molecule has 0 saturated heterocycles. The molecule has 4 rings (SSSR count). The second kappa shape index (κ2) is 12.6. The van der Waals surface area contributed by atoms with Crippen LogP contribution in [0.4, 0.5) is 0 Å². The molecule has 8 heteroatoms. The van der Waals surface area contributed by atoms with E-state index in [2.05, 4.69) is 35.2 Å². The van der Waals surface area contributed by atoms with Crippen LogP contribution in [0.1, 0.15) is 68.3 Å². The van der Waals surface area contributed by atoms with Crippen LogP contribution in [0.2, 0.25) is 10.0 Å². The Balaban J connectivity index is 0.00000158. The molecule has 34 heavy (non-hydrogen) atoms. The first-order valence-electron chi connectivity index (χ1n) is 11.3. The van der Waals surface area contributed by atoms with Crippen LogP contribution in [-0.2, 0) is 11.4 Å². The summed E-state index contributed by atoms with van der Waals surface area (Å²) in [7, 11) is 0. The lowest BCUT2D eigenvalue weighted by atomic mass is 9.78. The van der Waals surface area contributed by atoms with Crippen molar-refractivity contribution in [2.24, 2.45) is 11.1 Å². The first kappa shape index (κ1) is 26.6. The normalized spacial score (nSPS) is 17.7. The largest absolute Gasteiger partial charge is 0.489 e. The molecule has 1 fully saturated rings. The van der Waals surface area contributed by atoms with Crippen molar-refractivity contribution < 1.29 is 14.1 Å². The molecule has 1 aromatic heterocycles. The number of carbonyl (C=O) groups excluding carboxylic acids is 1. The zero-order valence-corrected chi connectivity index (χ0v) is 21.7. The van der Waals surface area contributed by atoms with E-state index in [1.165, 1.54) is 5.56 Å². The smallest absolute Gasteiger partial charge is 0.146 e. The van der Waals surface area contributed by atoms with Gasteiger partial charge in [-0.15, -0.1) is 12.8 Å². The highest BCUT2D eigenvalue weighted by Crippen LogP contribution is 2.39. The second-order valence-electron chi connectivity index (χ2n) is 8.74. The molecule has 2 atom stereocenters. The average Bonchev–Trinajstić information content (AvgIpc) is 3.28. The van der Waals surface area contributed by atoms with E-state index in [1.807, 2.05) is 26.0 Å². The molecule has 0 aliphatic heterocycles. The van der Waals surface area contributed by atoms with E-state index in [9.17, 15) is 4.79 Å². The topological polar surface area (TPSA) is 78.4 Å². The number of hydrogen-bond donors (Lipinski definition) is 2. The van der Waals surface area contributed by atoms with E-state index in [0.717, 1.165) is 49.0 Å². The van der Waals surface area contributed by atoms with Crippen molar-refractivity contribution in [3.8, 4) is 17.0 Å². The summed E-state index contributed by atoms with van der Waals surface area (Å²) in [5.41, 5.74) is 3.38. The predicted octanol–water partition coefficient (Wildman–Crippen LogP) is 7.61. The lowest BCUT2D eigenvalue weighted by Gasteiger charge is -2.26. The van der Waals surface area contributed by atoms with Gasteiger partial charge >= 0.3 is 0 Å². The van der Waals surface area contributed by atoms with Gasteiger partial charge in [-0.25, -0.2) is 0 Å². The highest BCUT2D eigenvalue weighted by atomic mass is 35.5. The molecule has 3 aromatic rings. The van der Waals surface area contributed by atoms with Gasteiger partial charge in [0.05, 0.1) is 15.6 Å². The van der Waals surface area contributed by atoms with Crippen LogP contribution < -0.4 is 9.88 Å². The average molecular weight is 522 g/mol. The number of carbonyl (C=O) groups is 1. The van der Waals surface area contributed by atoms with Crippen LogP contribution in [0.25, 0.3) is 11.3 Å². The zero-order valence-electron chi connectivity index (χ0n) is 19.3. The van der Waals surface area contributed by atoms with Crippen LogP contribution >= 0.6 is 36.0 Å². The molecular formula is C26H30Cl2N2O3S. The van der Waals surface area contributed by atoms with Gasteiger partial charge in [0.2, 0.25) is 0 Å². The minimum atomic E-state index is 0.135. The Morgan fingerprint density at radius 3 is 2.44 bits per heavy atom. The molecule has 1 aliphatic rings. The van der Waals surface area contributed by atoms with Gasteiger partial charge in [0.25, 0.3) is 0 Å². The lowest BCUT2D eigenvalue weighted by Crippen LogP contribution is -2.15. The molecule has 1 aliphatic carbocycles. The van der Waals surface area contributed by atoms with Crippen molar-refractivity contribution in [1.29, 1.82) is 0 Å². The van der Waals surface area contributed by atoms with Gasteiger partial charge in [-0.3, -0.25) is 5.14 Å². The van der Waals surface area contributed by atoms with E-state index >= 15 is 0 Å². The van der Waals surface area contributed by atoms with Crippen LogP contribution in [0.5, 0.6) is 5.75 Å². The van der Waals surface area contributed by atoms with Gasteiger partial charge in [0.15, 0.2) is 0 Å². The van der Waals surface area contributed by atoms with Crippen LogP contribution in [0.15, 0.2) is 47.0 Å². The van der Waals surface area contributed by atoms with Gasteiger partial charge in [-0.2, -0.15) is 0 Å². The fourth-order valence-electron chi connectivity index (χ4n) is 4.48. The number of thiol groups is 1. The van der Waals surface area contributed by atoms with Gasteiger partial charge in [0, 0.05) is 17.4 Å². The second-order valence-corrected chi connectivity index (χ2v) is 9.56. The fraction of sp³-hybridized carbons (Fsp3) is 0.385. The highest BCUT2D eigenvalue weighted by molar-refractivity contribution is 7.77. The number of benzene rings is 2. The third-order valence-corrected chi connectivity index (χ3v) is 6.81. The summed E-state index contributed by atoms with van der Waals surface area (Å²) in [5, 5.41) is 9.52. The summed E-state index contributed by atoms with van der Waals surface area (Å²) >= 11 is 15.9. The van der Waals surface area contributed by atoms with Crippen molar-refractivity contribution in [3.63, 3.8) is 0 Å². The minimum absolute atomic E-state index is 0.135. The van der Waals surface area contributed by atoms with Crippen LogP contribution in [0.3, 0.4) is 0 Å². The van der Waals surface area contributed by atoms with E-state index in [0.29, 0.717) is 33.8 Å². The Bertz CT molecular complexity index is 1070. The molecule has 1 heterocycles. The Morgan fingerprint density at radius 1 is 1.15 bits per heavy atom. The number of aromatic nitrogens is 1. The van der Waals surface area contributed by atoms with Crippen molar-refractivity contribution in [3.05, 3.63) is 69.4 Å². The van der Waals surface area contributed by atoms with Crippen LogP contribution in [0, 0.1) is 5.92 Å². The first-order valence-corrected chi connectivity index (χ1v) is 12.6. The molecule has 2 aromatic carbocycles. The van der Waals surface area contributed by atoms with Crippen molar-refractivity contribution in [2.75, 3.05) is 0 Å². The number of nitrogens with two attached hydrogens (primary N) is 1. The zero-order chi connectivity index (χ0) is 24.7. The standard InChI is InChI=1S/C26H27Cl2NO3.H3NS/c1-16(2)26-21(25(29-32-26)24-22(27)7-4-8-23(24)28)15-31-20-11-9-18(10-12-20)19-6-3-5-17(13-19)14-30;1-2/h4,7-12,14,16-17,19H,3,5-6,13,15H2,1-2H3;2H,1H2. The van der Waals surface area contributed by atoms with E-state index < -0.39 is 0 Å². The summed E-state index contributed by atoms with van der Waals surface area (Å²) in [6.45, 7) is 4.39. The summed E-state index contributed by atoms with van der Waals surface area (Å²) in [5.74, 6) is 2.28. The van der Waals surface area contributed by atoms with Crippen molar-refractivity contribution >= 4 is 42.3 Å². The quantitative estimate of drug-likeness (QED) is 0.247. The Labute approximate surface area is 216 Å². The number of ether oxygens (including phenoxy) is 1. The molecule has 0 spiro atoms. The van der Waals surface area contributed by atoms with Crippen molar-refractivity contribution in [2.45, 2.75) is 58.0 Å². The summed E-state index contributed by atoms with van der Waals surface area (Å²) in [6, 6.07) is 13.6. The third-order valence-electron chi connectivity index (χ3n) is 6.18. The SMILES string of the molecule is CC(C)c1onc(-c2c(Cl)cccc2Cl)c1COc1ccc(C2CCCC(C=O)C2)cc1.NS. The van der Waals surface area contributed by atoms with E-state index in [-0.39, 0.29) is 11.8 Å². The van der Waals surface area contributed by atoms with Gasteiger partial charge < -0.3 is 14.1 Å².